The quantitative estimate of drug-likeness (QED) is 0.0766. The van der Waals surface area contributed by atoms with Crippen LogP contribution in [0.1, 0.15) is 12.8 Å². The first kappa shape index (κ1) is 18.6. The van der Waals surface area contributed by atoms with E-state index in [2.05, 4.69) is 11.6 Å². The first-order valence-corrected chi connectivity index (χ1v) is 7.22. The summed E-state index contributed by atoms with van der Waals surface area (Å²) >= 11 is 0. The van der Waals surface area contributed by atoms with Crippen molar-refractivity contribution in [2.24, 2.45) is 16.5 Å². The van der Waals surface area contributed by atoms with Gasteiger partial charge in [0, 0.05) is 6.54 Å². The lowest BCUT2D eigenvalue weighted by atomic mass is 10.1. The Morgan fingerprint density at radius 1 is 1.45 bits per heavy atom. The molecule has 2 atom stereocenters. The number of carboxylic acids is 1. The predicted molar refractivity (Wildman–Crippen MR) is 71.0 cm³/mol. The summed E-state index contributed by atoms with van der Waals surface area (Å²) in [6.45, 7) is 3.30. The number of nitrogens with two attached hydrogens (primary N) is 2. The van der Waals surface area contributed by atoms with Crippen molar-refractivity contribution in [1.82, 2.24) is 5.06 Å². The molecule has 10 nitrogen and oxygen atoms in total. The van der Waals surface area contributed by atoms with Gasteiger partial charge in [0.1, 0.15) is 6.04 Å². The number of guanidine groups is 1. The Bertz CT molecular complexity index is 419. The maximum Gasteiger partial charge on any atom is 0.348 e. The summed E-state index contributed by atoms with van der Waals surface area (Å²) in [7, 11) is -4.75. The number of carboxylic acid groups (broad SMARTS) is 1. The van der Waals surface area contributed by atoms with Crippen LogP contribution in [-0.4, -0.2) is 55.5 Å². The predicted octanol–water partition coefficient (Wildman–Crippen LogP) is -1.13. The van der Waals surface area contributed by atoms with E-state index in [1.54, 1.807) is 0 Å². The van der Waals surface area contributed by atoms with E-state index in [1.165, 1.54) is 0 Å². The highest BCUT2D eigenvalue weighted by atomic mass is 31.2. The molecule has 0 heterocycles. The number of hydrogen-bond acceptors (Lipinski definition) is 5. The van der Waals surface area contributed by atoms with Crippen molar-refractivity contribution in [3.8, 4) is 0 Å². The molecule has 116 valence electrons. The van der Waals surface area contributed by atoms with Gasteiger partial charge < -0.3 is 31.6 Å². The Morgan fingerprint density at radius 2 is 2.00 bits per heavy atom. The van der Waals surface area contributed by atoms with Crippen LogP contribution in [0.25, 0.3) is 0 Å². The van der Waals surface area contributed by atoms with Crippen molar-refractivity contribution in [2.75, 3.05) is 6.54 Å². The molecule has 0 aliphatic carbocycles. The summed E-state index contributed by atoms with van der Waals surface area (Å²) in [5, 5.41) is 18.8. The zero-order valence-corrected chi connectivity index (χ0v) is 11.6. The van der Waals surface area contributed by atoms with Crippen LogP contribution in [0, 0.1) is 0 Å². The molecule has 8 N–H and O–H groups in total. The third-order valence-corrected chi connectivity index (χ3v) is 3.50. The summed E-state index contributed by atoms with van der Waals surface area (Å²) in [4.78, 5) is 32.7. The number of hydrogen-bond donors (Lipinski definition) is 6. The van der Waals surface area contributed by atoms with Gasteiger partial charge in [-0.2, -0.15) is 5.06 Å². The third-order valence-electron chi connectivity index (χ3n) is 2.36. The monoisotopic (exact) mass is 310 g/mol. The van der Waals surface area contributed by atoms with Crippen molar-refractivity contribution in [1.29, 1.82) is 0 Å². The molecule has 0 radical (unpaired) electrons. The van der Waals surface area contributed by atoms with Crippen molar-refractivity contribution in [3.05, 3.63) is 12.7 Å². The molecule has 0 saturated carbocycles. The van der Waals surface area contributed by atoms with Crippen molar-refractivity contribution >= 4 is 19.5 Å². The number of aliphatic imine (C=N–C) groups is 1. The Morgan fingerprint density at radius 3 is 2.35 bits per heavy atom. The minimum Gasteiger partial charge on any atom is -0.480 e. The lowest BCUT2D eigenvalue weighted by molar-refractivity contribution is -0.172. The topological polar surface area (TPSA) is 183 Å². The van der Waals surface area contributed by atoms with E-state index in [0.717, 1.165) is 6.08 Å². The van der Waals surface area contributed by atoms with E-state index in [4.69, 9.17) is 26.4 Å². The second-order valence-corrected chi connectivity index (χ2v) is 5.63. The third kappa shape index (κ3) is 6.13. The van der Waals surface area contributed by atoms with E-state index >= 15 is 0 Å². The summed E-state index contributed by atoms with van der Waals surface area (Å²) in [6, 6.07) is -1.51. The molecule has 0 aromatic heterocycles. The van der Waals surface area contributed by atoms with Gasteiger partial charge in [-0.3, -0.25) is 14.4 Å². The highest BCUT2D eigenvalue weighted by molar-refractivity contribution is 7.52. The van der Waals surface area contributed by atoms with Crippen LogP contribution in [0.5, 0.6) is 0 Å². The van der Waals surface area contributed by atoms with Gasteiger partial charge in [-0.25, -0.2) is 0 Å². The fourth-order valence-electron chi connectivity index (χ4n) is 1.45. The van der Waals surface area contributed by atoms with Crippen molar-refractivity contribution < 1.29 is 29.5 Å². The van der Waals surface area contributed by atoms with E-state index in [0.29, 0.717) is 0 Å². The SMILES string of the molecule is C=CC(N(O)[C@@H](CCCN=C(N)N)C(=O)O)P(=O)(O)O. The molecular weight excluding hydrogens is 291 g/mol. The Kier molecular flexibility index (Phi) is 7.40. The molecule has 0 aromatic carbocycles. The molecule has 0 amide bonds. The summed E-state index contributed by atoms with van der Waals surface area (Å²) in [5.41, 5.74) is 10.2. The van der Waals surface area contributed by atoms with Crippen LogP contribution >= 0.6 is 7.60 Å². The van der Waals surface area contributed by atoms with Gasteiger partial charge in [-0.1, -0.05) is 6.08 Å². The van der Waals surface area contributed by atoms with Gasteiger partial charge >= 0.3 is 13.6 Å². The molecule has 0 fully saturated rings. The van der Waals surface area contributed by atoms with Gasteiger partial charge in [0.05, 0.1) is 0 Å². The van der Waals surface area contributed by atoms with Crippen molar-refractivity contribution in [2.45, 2.75) is 24.7 Å². The molecular formula is C9H19N4O6P. The second kappa shape index (κ2) is 7.98. The summed E-state index contributed by atoms with van der Waals surface area (Å²) in [6.07, 6.45) is 0.886. The Hall–Kier alpha value is -1.45. The fraction of sp³-hybridized carbons (Fsp3) is 0.556. The molecule has 0 rings (SSSR count). The fourth-order valence-corrected chi connectivity index (χ4v) is 2.19. The maximum absolute atomic E-state index is 11.1. The molecule has 0 aromatic rings. The molecule has 0 bridgehead atoms. The van der Waals surface area contributed by atoms with Crippen LogP contribution in [-0.2, 0) is 9.36 Å². The molecule has 20 heavy (non-hydrogen) atoms. The molecule has 11 heteroatoms. The Labute approximate surface area is 115 Å². The van der Waals surface area contributed by atoms with Gasteiger partial charge in [0.15, 0.2) is 11.7 Å². The zero-order chi connectivity index (χ0) is 15.9. The molecule has 0 aliphatic heterocycles. The first-order chi connectivity index (χ1) is 9.11. The molecule has 0 aliphatic rings. The normalized spacial score (nSPS) is 14.6. The first-order valence-electron chi connectivity index (χ1n) is 5.54. The average Bonchev–Trinajstić information content (AvgIpc) is 2.26. The zero-order valence-electron chi connectivity index (χ0n) is 10.7. The number of aliphatic carboxylic acids is 1. The van der Waals surface area contributed by atoms with Crippen LogP contribution in [0.4, 0.5) is 0 Å². The van der Waals surface area contributed by atoms with Crippen LogP contribution in [0.2, 0.25) is 0 Å². The van der Waals surface area contributed by atoms with Gasteiger partial charge in [0.25, 0.3) is 0 Å². The van der Waals surface area contributed by atoms with Gasteiger partial charge in [-0.15, -0.1) is 6.58 Å². The highest BCUT2D eigenvalue weighted by Gasteiger charge is 2.38. The second-order valence-electron chi connectivity index (χ2n) is 3.92. The van der Waals surface area contributed by atoms with Gasteiger partial charge in [0.2, 0.25) is 0 Å². The van der Waals surface area contributed by atoms with E-state index in [9.17, 15) is 14.6 Å². The van der Waals surface area contributed by atoms with E-state index in [-0.39, 0.29) is 30.4 Å². The van der Waals surface area contributed by atoms with Crippen LogP contribution in [0.15, 0.2) is 17.6 Å². The minimum atomic E-state index is -4.75. The van der Waals surface area contributed by atoms with Crippen LogP contribution in [0.3, 0.4) is 0 Å². The van der Waals surface area contributed by atoms with E-state index < -0.39 is 25.4 Å². The lowest BCUT2D eigenvalue weighted by Gasteiger charge is -2.28. The lowest BCUT2D eigenvalue weighted by Crippen LogP contribution is -2.44. The number of carbonyl (C=O) groups is 1. The van der Waals surface area contributed by atoms with E-state index in [1.807, 2.05) is 0 Å². The highest BCUT2D eigenvalue weighted by Crippen LogP contribution is 2.43. The Balaban J connectivity index is 4.82. The standard InChI is InChI=1S/C9H19N4O6P/c1-2-7(20(17,18)19)13(16)6(8(14)15)4-3-5-12-9(10)11/h2,6-7,16H,1,3-5H2,(H,14,15)(H4,10,11,12)(H2,17,18,19)/t6-,7?/m0/s1. The maximum atomic E-state index is 11.1. The summed E-state index contributed by atoms with van der Waals surface area (Å²) in [5.74, 6) is -3.39. The van der Waals surface area contributed by atoms with Crippen molar-refractivity contribution in [3.63, 3.8) is 0 Å². The molecule has 0 spiro atoms. The number of hydroxylamine groups is 2. The largest absolute Gasteiger partial charge is 0.480 e. The van der Waals surface area contributed by atoms with Gasteiger partial charge in [-0.05, 0) is 12.8 Å². The summed E-state index contributed by atoms with van der Waals surface area (Å²) < 4.78 is 11.1. The smallest absolute Gasteiger partial charge is 0.348 e. The number of nitrogens with zero attached hydrogens (tertiary/aromatic N) is 2. The van der Waals surface area contributed by atoms with Crippen LogP contribution < -0.4 is 11.5 Å². The molecule has 1 unspecified atom stereocenters. The average molecular weight is 310 g/mol. The minimum absolute atomic E-state index is 0.0889. The number of rotatable bonds is 9. The molecule has 0 saturated heterocycles.